The summed E-state index contributed by atoms with van der Waals surface area (Å²) in [7, 11) is 0. The van der Waals surface area contributed by atoms with E-state index in [1.165, 1.54) is 0 Å². The van der Waals surface area contributed by atoms with Gasteiger partial charge >= 0.3 is 6.09 Å². The zero-order valence-corrected chi connectivity index (χ0v) is 25.5. The lowest BCUT2D eigenvalue weighted by atomic mass is 9.91. The van der Waals surface area contributed by atoms with Crippen LogP contribution in [0.4, 0.5) is 4.79 Å². The van der Waals surface area contributed by atoms with Crippen LogP contribution in [0.5, 0.6) is 0 Å². The van der Waals surface area contributed by atoms with E-state index in [9.17, 15) is 9.90 Å². The molecule has 0 aliphatic carbocycles. The average molecular weight is 609 g/mol. The van der Waals surface area contributed by atoms with Crippen LogP contribution in [0.15, 0.2) is 48.5 Å². The summed E-state index contributed by atoms with van der Waals surface area (Å²) in [4.78, 5) is 21.9. The summed E-state index contributed by atoms with van der Waals surface area (Å²) in [6, 6.07) is 14.6. The highest BCUT2D eigenvalue weighted by Gasteiger charge is 2.51. The van der Waals surface area contributed by atoms with Crippen molar-refractivity contribution in [2.45, 2.75) is 83.4 Å². The van der Waals surface area contributed by atoms with Crippen molar-refractivity contribution in [1.29, 1.82) is 0 Å². The molecule has 2 aliphatic heterocycles. The molecular weight excluding hydrogens is 572 g/mol. The number of ether oxygens (including phenoxy) is 4. The number of hydrogen-bond donors (Lipinski definition) is 3. The van der Waals surface area contributed by atoms with Gasteiger partial charge in [-0.15, -0.1) is 11.3 Å². The van der Waals surface area contributed by atoms with Crippen LogP contribution < -0.4 is 10.9 Å². The van der Waals surface area contributed by atoms with Gasteiger partial charge in [0.2, 0.25) is 0 Å². The molecule has 43 heavy (non-hydrogen) atoms. The molecule has 4 aromatic rings. The zero-order chi connectivity index (χ0) is 30.3. The first kappa shape index (κ1) is 29.6. The van der Waals surface area contributed by atoms with Crippen molar-refractivity contribution < 1.29 is 28.8 Å². The maximum absolute atomic E-state index is 12.6. The number of benzene rings is 2. The van der Waals surface area contributed by atoms with E-state index in [-0.39, 0.29) is 6.61 Å². The largest absolute Gasteiger partial charge is 0.443 e. The minimum Gasteiger partial charge on any atom is -0.443 e. The summed E-state index contributed by atoms with van der Waals surface area (Å²) >= 11 is 1.63. The first-order valence-electron chi connectivity index (χ1n) is 14.3. The Balaban J connectivity index is 1.31. The number of carbonyl (C=O) groups excluding carboxylic acids is 1. The number of amides is 1. The lowest BCUT2D eigenvalue weighted by Crippen LogP contribution is -2.66. The number of nitrogens with zero attached hydrogens (tertiary/aromatic N) is 4. The van der Waals surface area contributed by atoms with Crippen LogP contribution in [0.25, 0.3) is 15.9 Å². The Bertz CT molecular complexity index is 1590. The SMILES string of the molecule is CCc1nc2ccc(-n3nc(C)nc3[C@@H]3O[C@@H]4COC(c5ccccc5)O[C@@H]4[C@H](NNC(=O)OC(C)(C)C)[C@H]3O)cc2s1. The highest BCUT2D eigenvalue weighted by atomic mass is 32.1. The number of aliphatic hydroxyl groups is 1. The summed E-state index contributed by atoms with van der Waals surface area (Å²) in [6.07, 6.45) is -3.91. The van der Waals surface area contributed by atoms with Gasteiger partial charge in [0.1, 0.15) is 35.8 Å². The van der Waals surface area contributed by atoms with Crippen molar-refractivity contribution in [3.8, 4) is 5.69 Å². The van der Waals surface area contributed by atoms with E-state index < -0.39 is 48.4 Å². The van der Waals surface area contributed by atoms with Gasteiger partial charge in [0.15, 0.2) is 12.1 Å². The molecular formula is C30H36N6O6S. The number of nitrogens with one attached hydrogen (secondary N) is 2. The molecule has 4 heterocycles. The van der Waals surface area contributed by atoms with Crippen molar-refractivity contribution in [2.75, 3.05) is 6.61 Å². The molecule has 13 heteroatoms. The zero-order valence-electron chi connectivity index (χ0n) is 24.7. The molecule has 6 atom stereocenters. The number of rotatable bonds is 6. The van der Waals surface area contributed by atoms with Gasteiger partial charge < -0.3 is 24.1 Å². The van der Waals surface area contributed by atoms with Gasteiger partial charge in [0.05, 0.1) is 33.6 Å². The van der Waals surface area contributed by atoms with Gasteiger partial charge in [0.25, 0.3) is 0 Å². The van der Waals surface area contributed by atoms with E-state index in [1.54, 1.807) is 43.7 Å². The average Bonchev–Trinajstić information content (AvgIpc) is 3.58. The molecule has 2 fully saturated rings. The Morgan fingerprint density at radius 2 is 1.95 bits per heavy atom. The first-order valence-corrected chi connectivity index (χ1v) is 15.1. The van der Waals surface area contributed by atoms with E-state index in [4.69, 9.17) is 18.9 Å². The molecule has 2 aromatic heterocycles. The van der Waals surface area contributed by atoms with Gasteiger partial charge in [-0.05, 0) is 52.3 Å². The normalized spacial score (nSPS) is 25.8. The number of carbonyl (C=O) groups is 1. The second kappa shape index (κ2) is 11.9. The fourth-order valence-electron chi connectivity index (χ4n) is 5.29. The smallest absolute Gasteiger partial charge is 0.422 e. The number of aliphatic hydroxyl groups excluding tert-OH is 1. The van der Waals surface area contributed by atoms with Crippen molar-refractivity contribution in [3.63, 3.8) is 0 Å². The second-order valence-electron chi connectivity index (χ2n) is 11.6. The van der Waals surface area contributed by atoms with E-state index in [0.29, 0.717) is 11.6 Å². The van der Waals surface area contributed by atoms with Crippen LogP contribution in [0, 0.1) is 6.92 Å². The molecule has 0 spiro atoms. The monoisotopic (exact) mass is 608 g/mol. The molecule has 0 bridgehead atoms. The number of thiazole rings is 1. The Labute approximate surface area is 253 Å². The Morgan fingerprint density at radius 3 is 2.70 bits per heavy atom. The molecule has 6 rings (SSSR count). The van der Waals surface area contributed by atoms with Crippen LogP contribution in [-0.2, 0) is 25.4 Å². The highest BCUT2D eigenvalue weighted by molar-refractivity contribution is 7.18. The van der Waals surface area contributed by atoms with Crippen molar-refractivity contribution in [1.82, 2.24) is 30.6 Å². The first-order chi connectivity index (χ1) is 20.6. The van der Waals surface area contributed by atoms with E-state index in [1.807, 2.05) is 48.5 Å². The van der Waals surface area contributed by atoms with Gasteiger partial charge in [-0.2, -0.15) is 5.10 Å². The number of hydrogen-bond acceptors (Lipinski definition) is 11. The number of hydrazine groups is 1. The maximum atomic E-state index is 12.6. The molecule has 2 aromatic carbocycles. The number of fused-ring (bicyclic) bond motifs is 2. The minimum absolute atomic E-state index is 0.192. The third-order valence-electron chi connectivity index (χ3n) is 7.18. The molecule has 12 nitrogen and oxygen atoms in total. The second-order valence-corrected chi connectivity index (χ2v) is 12.7. The van der Waals surface area contributed by atoms with Crippen LogP contribution >= 0.6 is 11.3 Å². The molecule has 3 N–H and O–H groups in total. The molecule has 228 valence electrons. The molecule has 1 unspecified atom stereocenters. The summed E-state index contributed by atoms with van der Waals surface area (Å²) in [5.41, 5.74) is 7.36. The van der Waals surface area contributed by atoms with E-state index >= 15 is 0 Å². The van der Waals surface area contributed by atoms with Crippen LogP contribution in [0.1, 0.15) is 62.3 Å². The summed E-state index contributed by atoms with van der Waals surface area (Å²) in [6.45, 7) is 9.38. The Kier molecular flexibility index (Phi) is 8.20. The highest BCUT2D eigenvalue weighted by Crippen LogP contribution is 2.39. The van der Waals surface area contributed by atoms with Gasteiger partial charge in [0, 0.05) is 5.56 Å². The number of aryl methyl sites for hydroxylation is 2. The molecule has 2 saturated heterocycles. The fraction of sp³-hybridized carbons (Fsp3) is 0.467. The third-order valence-corrected chi connectivity index (χ3v) is 8.34. The fourth-order valence-corrected chi connectivity index (χ4v) is 6.23. The molecule has 2 aliphatic rings. The number of aromatic nitrogens is 4. The topological polar surface area (TPSA) is 142 Å². The van der Waals surface area contributed by atoms with Crippen molar-refractivity contribution in [2.24, 2.45) is 0 Å². The summed E-state index contributed by atoms with van der Waals surface area (Å²) < 4.78 is 27.0. The molecule has 0 radical (unpaired) electrons. The van der Waals surface area contributed by atoms with Gasteiger partial charge in [-0.25, -0.2) is 24.9 Å². The quantitative estimate of drug-likeness (QED) is 0.274. The van der Waals surface area contributed by atoms with Gasteiger partial charge in [-0.1, -0.05) is 37.3 Å². The van der Waals surface area contributed by atoms with Crippen molar-refractivity contribution >= 4 is 27.6 Å². The van der Waals surface area contributed by atoms with Crippen LogP contribution in [0.3, 0.4) is 0 Å². The maximum Gasteiger partial charge on any atom is 0.422 e. The summed E-state index contributed by atoms with van der Waals surface area (Å²) in [5, 5.41) is 17.5. The lowest BCUT2D eigenvalue weighted by molar-refractivity contribution is -0.313. The third kappa shape index (κ3) is 6.28. The van der Waals surface area contributed by atoms with Crippen LogP contribution in [-0.4, -0.2) is 67.5 Å². The van der Waals surface area contributed by atoms with E-state index in [0.717, 1.165) is 32.9 Å². The van der Waals surface area contributed by atoms with Crippen molar-refractivity contribution in [3.05, 3.63) is 70.8 Å². The molecule has 1 amide bonds. The Hall–Kier alpha value is -3.46. The summed E-state index contributed by atoms with van der Waals surface area (Å²) in [5.74, 6) is 0.931. The lowest BCUT2D eigenvalue weighted by Gasteiger charge is -2.48. The van der Waals surface area contributed by atoms with Gasteiger partial charge in [-0.3, -0.25) is 5.43 Å². The van der Waals surface area contributed by atoms with E-state index in [2.05, 4.69) is 32.8 Å². The molecule has 0 saturated carbocycles. The predicted molar refractivity (Wildman–Crippen MR) is 159 cm³/mol. The standard InChI is InChI=1S/C30H36N6O6S/c1-6-22-32-19-13-12-18(14-21(19)43-22)36-27(31-16(2)35-36)26-24(37)23(33-34-29(38)42-30(3,4)5)25-20(40-26)15-39-28(41-25)17-10-8-7-9-11-17/h7-14,20,23-26,28,33,37H,6,15H2,1-5H3,(H,34,38)/t20-,23-,24-,25+,26-,28?/m1/s1. The Morgan fingerprint density at radius 1 is 1.16 bits per heavy atom. The van der Waals surface area contributed by atoms with Crippen LogP contribution in [0.2, 0.25) is 0 Å². The predicted octanol–water partition coefficient (Wildman–Crippen LogP) is 4.06. The minimum atomic E-state index is -1.20.